The second-order valence-electron chi connectivity index (χ2n) is 31.3. The van der Waals surface area contributed by atoms with Gasteiger partial charge < -0.3 is 138 Å². The van der Waals surface area contributed by atoms with Crippen LogP contribution >= 0.6 is 23.5 Å². The molecule has 0 bridgehead atoms. The summed E-state index contributed by atoms with van der Waals surface area (Å²) >= 11 is 2.62. The van der Waals surface area contributed by atoms with Crippen LogP contribution in [0.5, 0.6) is 0 Å². The molecular weight excluding hydrogens is 1680 g/mol. The van der Waals surface area contributed by atoms with Crippen molar-refractivity contribution in [2.45, 2.75) is 242 Å². The number of nitrogens with one attached hydrogen (secondary N) is 18. The Kier molecular flexibility index (Phi) is 52.3. The Labute approximate surface area is 735 Å². The van der Waals surface area contributed by atoms with Crippen LogP contribution in [0.1, 0.15) is 150 Å². The number of likely N-dealkylation sites (tertiary alicyclic amines) is 1. The van der Waals surface area contributed by atoms with Gasteiger partial charge in [-0.3, -0.25) is 87.5 Å². The second kappa shape index (κ2) is 59.2. The number of hydrogen-bond acceptors (Lipinski definition) is 26. The lowest BCUT2D eigenvalue weighted by molar-refractivity contribution is -0.143. The van der Waals surface area contributed by atoms with Gasteiger partial charge in [0.05, 0.1) is 38.4 Å². The van der Waals surface area contributed by atoms with Crippen LogP contribution in [0.4, 0.5) is 0 Å². The highest BCUT2D eigenvalue weighted by molar-refractivity contribution is 7.98. The first-order chi connectivity index (χ1) is 59.0. The third-order valence-electron chi connectivity index (χ3n) is 19.6. The van der Waals surface area contributed by atoms with Gasteiger partial charge in [0.15, 0.2) is 11.9 Å². The third kappa shape index (κ3) is 42.7. The molecule has 0 aromatic heterocycles. The minimum absolute atomic E-state index is 0.0259. The van der Waals surface area contributed by atoms with Gasteiger partial charge in [0.2, 0.25) is 88.6 Å². The minimum Gasteiger partial charge on any atom is -0.481 e. The quantitative estimate of drug-likeness (QED) is 0.0164. The first-order valence-electron chi connectivity index (χ1n) is 41.5. The predicted molar refractivity (Wildman–Crippen MR) is 463 cm³/mol. The highest BCUT2D eigenvalue weighted by Crippen LogP contribution is 2.20. The van der Waals surface area contributed by atoms with Crippen molar-refractivity contribution in [3.05, 3.63) is 35.9 Å². The molecule has 0 radical (unpaired) electrons. The Bertz CT molecular complexity index is 3740. The molecule has 31 N–H and O–H groups in total. The highest BCUT2D eigenvalue weighted by Gasteiger charge is 2.41. The van der Waals surface area contributed by atoms with E-state index >= 15 is 0 Å². The Morgan fingerprint density at radius 3 is 1.36 bits per heavy atom. The van der Waals surface area contributed by atoms with Crippen molar-refractivity contribution >= 4 is 136 Å². The average Bonchev–Trinajstić information content (AvgIpc) is 1.73. The Hall–Kier alpha value is -10.7. The Balaban J connectivity index is 2.38. The molecule has 0 saturated carbocycles. The number of guanidine groups is 2. The molecule has 1 saturated heterocycles. The molecule has 1 aromatic carbocycles. The molecule has 0 unspecified atom stereocenters. The van der Waals surface area contributed by atoms with Crippen molar-refractivity contribution < 1.29 is 107 Å². The number of carbonyl (C=O) groups excluding carboxylic acids is 15. The van der Waals surface area contributed by atoms with Crippen molar-refractivity contribution in [1.29, 1.82) is 10.8 Å². The van der Waals surface area contributed by atoms with Gasteiger partial charge in [0, 0.05) is 32.5 Å². The Morgan fingerprint density at radius 2 is 0.888 bits per heavy atom. The number of aliphatic hydroxyl groups is 3. The zero-order valence-corrected chi connectivity index (χ0v) is 74.0. The molecule has 0 aliphatic carbocycles. The number of nitrogens with zero attached hydrogens (tertiary/aromatic N) is 1. The number of aliphatic carboxylic acids is 2. The van der Waals surface area contributed by atoms with Gasteiger partial charge in [-0.05, 0) is 151 Å². The van der Waals surface area contributed by atoms with E-state index in [0.29, 0.717) is 30.6 Å². The number of carboxylic acids is 2. The molecule has 2 rings (SSSR count). The maximum absolute atomic E-state index is 14.5. The van der Waals surface area contributed by atoms with E-state index in [0.717, 1.165) is 6.92 Å². The highest BCUT2D eigenvalue weighted by atomic mass is 32.2. The average molecular weight is 1810 g/mol. The summed E-state index contributed by atoms with van der Waals surface area (Å²) in [6.45, 7) is 8.08. The molecule has 47 heteroatoms. The van der Waals surface area contributed by atoms with Crippen molar-refractivity contribution in [1.82, 2.24) is 90.0 Å². The van der Waals surface area contributed by atoms with E-state index in [1.807, 2.05) is 13.8 Å². The van der Waals surface area contributed by atoms with Gasteiger partial charge in [-0.25, -0.2) is 4.79 Å². The summed E-state index contributed by atoms with van der Waals surface area (Å²) in [4.78, 5) is 235. The lowest BCUT2D eigenvalue weighted by Gasteiger charge is -2.29. The van der Waals surface area contributed by atoms with Crippen LogP contribution in [0.3, 0.4) is 0 Å². The molecule has 704 valence electrons. The van der Waals surface area contributed by atoms with E-state index in [9.17, 15) is 107 Å². The SMILES string of the molecule is CSCC[C@H](NC(=O)[C@H](CC(C)C)NC(=O)[C@H](CCC(=O)O)NC(=O)[C@@H](NC(=O)[C@H](CO)NC(=O)[C@H](CCCCN)NC(=O)CNC(=O)[C@H](CO)NC(=O)[C@H](Cc1ccccc1)NC(=O)[C@H](CCSC)NC(=O)[C@@H]1CCCN1C(=O)CNC(=O)[C@@H](N)CC(C)C)[C@@H](C)O)C(=O)N[C@@H](CCCNC(=N)N)C(=O)N[C@@H](CCCNC(=N)N)C(=O)N[C@H](C(=O)O)C(C)C. The lowest BCUT2D eigenvalue weighted by Crippen LogP contribution is -2.62. The van der Waals surface area contributed by atoms with E-state index in [2.05, 4.69) is 85.1 Å². The fourth-order valence-corrected chi connectivity index (χ4v) is 13.7. The molecule has 0 spiro atoms. The van der Waals surface area contributed by atoms with Gasteiger partial charge in [-0.1, -0.05) is 71.9 Å². The van der Waals surface area contributed by atoms with E-state index in [1.165, 1.54) is 28.4 Å². The number of carboxylic acid groups (broad SMARTS) is 2. The van der Waals surface area contributed by atoms with E-state index in [-0.39, 0.29) is 114 Å². The maximum Gasteiger partial charge on any atom is 0.326 e. The monoisotopic (exact) mass is 1810 g/mol. The number of rotatable bonds is 61. The molecule has 15 atom stereocenters. The molecule has 125 heavy (non-hydrogen) atoms. The first kappa shape index (κ1) is 110. The molecule has 1 aliphatic rings. The second-order valence-corrected chi connectivity index (χ2v) is 33.3. The Morgan fingerprint density at radius 1 is 0.472 bits per heavy atom. The number of hydrogen-bond donors (Lipinski definition) is 27. The number of benzene rings is 1. The van der Waals surface area contributed by atoms with Gasteiger partial charge >= 0.3 is 11.9 Å². The first-order valence-corrected chi connectivity index (χ1v) is 44.3. The van der Waals surface area contributed by atoms with Crippen molar-refractivity contribution in [3.8, 4) is 0 Å². The van der Waals surface area contributed by atoms with Crippen LogP contribution in [0, 0.1) is 28.6 Å². The normalized spacial score (nSPS) is 15.8. The predicted octanol–water partition coefficient (Wildman–Crippen LogP) is -7.18. The van der Waals surface area contributed by atoms with Gasteiger partial charge in [0.1, 0.15) is 78.5 Å². The number of thioether (sulfide) groups is 2. The summed E-state index contributed by atoms with van der Waals surface area (Å²) in [6, 6.07) is -12.7. The standard InChI is InChI=1S/C78H133N23O22S2/c1-41(2)34-46(80)63(109)88-38-59(106)101-31-17-23-57(101)74(120)93-52(27-33-125-9)69(115)96-54(36-45-18-11-10-12-19-45)72(118)97-55(39-102)64(110)87-37-58(105)89-47(20-13-14-28-79)65(111)98-56(40-103)73(119)100-62(44(7)104)75(121)94-50(24-25-60(107)108)67(113)95-53(35-42(3)4)71(117)92-51(26-32-124-8)68(114)90-48(21-15-29-85-77(81)82)66(112)91-49(22-16-30-86-78(83)84)70(116)99-61(43(5)6)76(122)123/h10-12,18-19,41-44,46-57,61-62,102-104H,13-17,20-40,79-80H2,1-9H3,(H,87,110)(H,88,109)(H,89,105)(H,90,114)(H,91,112)(H,92,117)(H,93,120)(H,94,121)(H,95,113)(H,96,115)(H,97,118)(H,98,111)(H,99,116)(H,100,119)(H,107,108)(H,122,123)(H4,81,82,85)(H4,83,84,86)/t44-,46+,47+,48+,49+,50+,51+,52+,53+,54+,55+,56+,57+,61+,62+/m1/s1. The maximum atomic E-state index is 14.5. The fraction of sp³-hybridized carbons (Fsp3) is 0.679. The summed E-state index contributed by atoms with van der Waals surface area (Å²) in [6.07, 6.45) is 1.07. The van der Waals surface area contributed by atoms with Crippen molar-refractivity contribution in [3.63, 3.8) is 0 Å². The van der Waals surface area contributed by atoms with Crippen LogP contribution < -0.4 is 108 Å². The molecule has 1 heterocycles. The van der Waals surface area contributed by atoms with Gasteiger partial charge in [-0.15, -0.1) is 0 Å². The number of carbonyl (C=O) groups is 17. The molecular formula is C78H133N23O22S2. The summed E-state index contributed by atoms with van der Waals surface area (Å²) in [5, 5.41) is 106. The van der Waals surface area contributed by atoms with Crippen LogP contribution in [0.2, 0.25) is 0 Å². The van der Waals surface area contributed by atoms with E-state index in [1.54, 1.807) is 70.5 Å². The number of aliphatic hydroxyl groups excluding tert-OH is 3. The van der Waals surface area contributed by atoms with Crippen LogP contribution in [-0.2, 0) is 87.9 Å². The molecule has 1 fully saturated rings. The molecule has 15 amide bonds. The smallest absolute Gasteiger partial charge is 0.326 e. The van der Waals surface area contributed by atoms with Crippen molar-refractivity contribution in [2.75, 3.05) is 76.5 Å². The molecule has 45 nitrogen and oxygen atoms in total. The zero-order valence-electron chi connectivity index (χ0n) is 72.4. The molecule has 1 aliphatic heterocycles. The topological polar surface area (TPSA) is 739 Å². The third-order valence-corrected chi connectivity index (χ3v) is 20.8. The summed E-state index contributed by atoms with van der Waals surface area (Å²) in [7, 11) is 0. The lowest BCUT2D eigenvalue weighted by atomic mass is 10.0. The summed E-state index contributed by atoms with van der Waals surface area (Å²) in [5.74, 6) is -18.3. The van der Waals surface area contributed by atoms with E-state index < -0.39 is 248 Å². The van der Waals surface area contributed by atoms with E-state index in [4.69, 9.17) is 33.8 Å². The zero-order chi connectivity index (χ0) is 94.2. The van der Waals surface area contributed by atoms with Crippen molar-refractivity contribution in [2.24, 2.45) is 40.7 Å². The van der Waals surface area contributed by atoms with Crippen LogP contribution in [-0.4, -0.2) is 310 Å². The largest absolute Gasteiger partial charge is 0.481 e. The summed E-state index contributed by atoms with van der Waals surface area (Å²) < 4.78 is 0. The molecule has 1 aromatic rings. The fourth-order valence-electron chi connectivity index (χ4n) is 12.8. The van der Waals surface area contributed by atoms with Gasteiger partial charge in [-0.2, -0.15) is 23.5 Å². The summed E-state index contributed by atoms with van der Waals surface area (Å²) in [5.41, 5.74) is 23.1. The number of nitrogens with two attached hydrogens (primary N) is 4. The minimum atomic E-state index is -2.04. The number of unbranched alkanes of at least 4 members (excludes halogenated alkanes) is 1. The van der Waals surface area contributed by atoms with Crippen LogP contribution in [0.25, 0.3) is 0 Å². The van der Waals surface area contributed by atoms with Crippen LogP contribution in [0.15, 0.2) is 30.3 Å². The number of amides is 15. The van der Waals surface area contributed by atoms with Gasteiger partial charge in [0.25, 0.3) is 0 Å².